The SMILES string of the molecule is COc1cc(OCC(O)CN2CCN(c3ccccc3)CC2)cc(C2=CCNCC2)c1. The first-order chi connectivity index (χ1) is 15.2. The van der Waals surface area contributed by atoms with Crippen LogP contribution in [0.2, 0.25) is 0 Å². The van der Waals surface area contributed by atoms with E-state index in [1.54, 1.807) is 7.11 Å². The lowest BCUT2D eigenvalue weighted by Crippen LogP contribution is -2.49. The Balaban J connectivity index is 1.28. The van der Waals surface area contributed by atoms with Gasteiger partial charge in [-0.1, -0.05) is 24.3 Å². The second-order valence-corrected chi connectivity index (χ2v) is 8.17. The third-order valence-electron chi connectivity index (χ3n) is 5.96. The summed E-state index contributed by atoms with van der Waals surface area (Å²) in [6.45, 7) is 6.59. The van der Waals surface area contributed by atoms with Crippen molar-refractivity contribution in [2.45, 2.75) is 12.5 Å². The van der Waals surface area contributed by atoms with Gasteiger partial charge < -0.3 is 24.8 Å². The number of β-amino-alcohol motifs (C(OH)–C–C–N with tert-alkyl or cyclic N) is 1. The summed E-state index contributed by atoms with van der Waals surface area (Å²) >= 11 is 0. The smallest absolute Gasteiger partial charge is 0.123 e. The minimum Gasteiger partial charge on any atom is -0.497 e. The topological polar surface area (TPSA) is 57.2 Å². The van der Waals surface area contributed by atoms with Gasteiger partial charge in [0.15, 0.2) is 0 Å². The van der Waals surface area contributed by atoms with Crippen LogP contribution in [0.5, 0.6) is 11.5 Å². The van der Waals surface area contributed by atoms with Crippen molar-refractivity contribution in [1.29, 1.82) is 0 Å². The molecule has 1 fully saturated rings. The summed E-state index contributed by atoms with van der Waals surface area (Å²) in [7, 11) is 1.67. The molecule has 2 aromatic carbocycles. The van der Waals surface area contributed by atoms with Gasteiger partial charge in [0.05, 0.1) is 7.11 Å². The average Bonchev–Trinajstić information content (AvgIpc) is 2.84. The lowest BCUT2D eigenvalue weighted by molar-refractivity contribution is 0.0662. The predicted octanol–water partition coefficient (Wildman–Crippen LogP) is 2.63. The van der Waals surface area contributed by atoms with Crippen molar-refractivity contribution < 1.29 is 14.6 Å². The zero-order valence-corrected chi connectivity index (χ0v) is 18.3. The molecule has 1 unspecified atom stereocenters. The molecule has 1 saturated heterocycles. The van der Waals surface area contributed by atoms with Gasteiger partial charge >= 0.3 is 0 Å². The third-order valence-corrected chi connectivity index (χ3v) is 5.96. The van der Waals surface area contributed by atoms with Gasteiger partial charge in [-0.3, -0.25) is 4.90 Å². The summed E-state index contributed by atoms with van der Waals surface area (Å²) < 4.78 is 11.4. The van der Waals surface area contributed by atoms with E-state index >= 15 is 0 Å². The highest BCUT2D eigenvalue weighted by Crippen LogP contribution is 2.29. The average molecular weight is 424 g/mol. The van der Waals surface area contributed by atoms with Gasteiger partial charge in [-0.15, -0.1) is 0 Å². The zero-order chi connectivity index (χ0) is 21.5. The van der Waals surface area contributed by atoms with Crippen LogP contribution in [0.4, 0.5) is 5.69 Å². The Morgan fingerprint density at radius 1 is 1.03 bits per heavy atom. The number of nitrogens with one attached hydrogen (secondary N) is 1. The Bertz CT molecular complexity index is 864. The molecule has 2 aromatic rings. The second kappa shape index (κ2) is 10.7. The molecule has 2 aliphatic rings. The van der Waals surface area contributed by atoms with E-state index in [0.29, 0.717) is 6.54 Å². The Morgan fingerprint density at radius 3 is 2.52 bits per heavy atom. The van der Waals surface area contributed by atoms with Crippen LogP contribution >= 0.6 is 0 Å². The molecule has 0 aliphatic carbocycles. The fourth-order valence-electron chi connectivity index (χ4n) is 4.21. The number of nitrogens with zero attached hydrogens (tertiary/aromatic N) is 2. The molecule has 6 nitrogen and oxygen atoms in total. The molecule has 166 valence electrons. The molecule has 0 radical (unpaired) electrons. The minimum atomic E-state index is -0.531. The summed E-state index contributed by atoms with van der Waals surface area (Å²) in [5.41, 5.74) is 3.70. The monoisotopic (exact) mass is 423 g/mol. The molecule has 0 saturated carbocycles. The van der Waals surface area contributed by atoms with E-state index in [4.69, 9.17) is 9.47 Å². The summed E-state index contributed by atoms with van der Waals surface area (Å²) in [6.07, 6.45) is 2.67. The van der Waals surface area contributed by atoms with Gasteiger partial charge in [0.1, 0.15) is 24.2 Å². The molecule has 31 heavy (non-hydrogen) atoms. The van der Waals surface area contributed by atoms with Crippen LogP contribution in [-0.2, 0) is 0 Å². The lowest BCUT2D eigenvalue weighted by Gasteiger charge is -2.36. The number of benzene rings is 2. The number of hydrogen-bond donors (Lipinski definition) is 2. The molecule has 2 N–H and O–H groups in total. The van der Waals surface area contributed by atoms with Gasteiger partial charge in [0.25, 0.3) is 0 Å². The number of aliphatic hydroxyl groups excluding tert-OH is 1. The van der Waals surface area contributed by atoms with Crippen molar-refractivity contribution in [3.63, 3.8) is 0 Å². The second-order valence-electron chi connectivity index (χ2n) is 8.17. The fraction of sp³-hybridized carbons (Fsp3) is 0.440. The minimum absolute atomic E-state index is 0.270. The highest BCUT2D eigenvalue weighted by molar-refractivity contribution is 5.69. The van der Waals surface area contributed by atoms with Crippen molar-refractivity contribution in [2.24, 2.45) is 0 Å². The first-order valence-corrected chi connectivity index (χ1v) is 11.1. The molecule has 2 aliphatic heterocycles. The molecule has 0 aromatic heterocycles. The maximum atomic E-state index is 10.6. The predicted molar refractivity (Wildman–Crippen MR) is 125 cm³/mol. The van der Waals surface area contributed by atoms with Crippen LogP contribution in [0.25, 0.3) is 5.57 Å². The van der Waals surface area contributed by atoms with Crippen molar-refractivity contribution in [1.82, 2.24) is 10.2 Å². The Kier molecular flexibility index (Phi) is 7.46. The highest BCUT2D eigenvalue weighted by atomic mass is 16.5. The standard InChI is InChI=1S/C25H33N3O3/c1-30-24-15-21(20-7-9-26-10-8-20)16-25(17-24)31-19-23(29)18-27-11-13-28(14-12-27)22-5-3-2-4-6-22/h2-7,15-17,23,26,29H,8-14,18-19H2,1H3. The Hall–Kier alpha value is -2.54. The lowest BCUT2D eigenvalue weighted by atomic mass is 10.00. The summed E-state index contributed by atoms with van der Waals surface area (Å²) in [5, 5.41) is 13.9. The third kappa shape index (κ3) is 6.00. The van der Waals surface area contributed by atoms with Gasteiger partial charge in [0, 0.05) is 51.0 Å². The highest BCUT2D eigenvalue weighted by Gasteiger charge is 2.20. The fourth-order valence-corrected chi connectivity index (χ4v) is 4.21. The van der Waals surface area contributed by atoms with E-state index in [1.165, 1.54) is 11.3 Å². The number of methoxy groups -OCH3 is 1. The molecule has 6 heteroatoms. The van der Waals surface area contributed by atoms with E-state index in [2.05, 4.69) is 45.5 Å². The quantitative estimate of drug-likeness (QED) is 0.681. The number of rotatable bonds is 8. The zero-order valence-electron chi connectivity index (χ0n) is 18.3. The van der Waals surface area contributed by atoms with Crippen LogP contribution in [-0.4, -0.2) is 75.6 Å². The normalized spacial score (nSPS) is 18.4. The Morgan fingerprint density at radius 2 is 1.81 bits per heavy atom. The summed E-state index contributed by atoms with van der Waals surface area (Å²) in [5.74, 6) is 1.51. The van der Waals surface area contributed by atoms with E-state index in [9.17, 15) is 5.11 Å². The van der Waals surface area contributed by atoms with Crippen molar-refractivity contribution in [3.05, 3.63) is 60.2 Å². The number of aliphatic hydroxyl groups is 1. The molecular weight excluding hydrogens is 390 g/mol. The maximum absolute atomic E-state index is 10.6. The molecule has 1 atom stereocenters. The molecule has 0 amide bonds. The number of hydrogen-bond acceptors (Lipinski definition) is 6. The number of anilines is 1. The first kappa shape index (κ1) is 21.7. The van der Waals surface area contributed by atoms with E-state index in [1.807, 2.05) is 24.3 Å². The number of para-hydroxylation sites is 1. The van der Waals surface area contributed by atoms with Crippen LogP contribution < -0.4 is 19.7 Å². The largest absolute Gasteiger partial charge is 0.497 e. The van der Waals surface area contributed by atoms with Crippen molar-refractivity contribution in [3.8, 4) is 11.5 Å². The van der Waals surface area contributed by atoms with Crippen molar-refractivity contribution >= 4 is 11.3 Å². The molecule has 0 bridgehead atoms. The molecule has 4 rings (SSSR count). The maximum Gasteiger partial charge on any atom is 0.123 e. The Labute approximate surface area is 185 Å². The molecule has 2 heterocycles. The van der Waals surface area contributed by atoms with E-state index in [-0.39, 0.29) is 6.61 Å². The van der Waals surface area contributed by atoms with Crippen LogP contribution in [0.15, 0.2) is 54.6 Å². The number of piperazine rings is 1. The van der Waals surface area contributed by atoms with Gasteiger partial charge in [-0.05, 0) is 48.4 Å². The van der Waals surface area contributed by atoms with E-state index in [0.717, 1.165) is 62.8 Å². The van der Waals surface area contributed by atoms with Crippen LogP contribution in [0, 0.1) is 0 Å². The first-order valence-electron chi connectivity index (χ1n) is 11.1. The molecular formula is C25H33N3O3. The number of ether oxygens (including phenoxy) is 2. The van der Waals surface area contributed by atoms with Gasteiger partial charge in [0.2, 0.25) is 0 Å². The van der Waals surface area contributed by atoms with Gasteiger partial charge in [-0.2, -0.15) is 0 Å². The van der Waals surface area contributed by atoms with E-state index < -0.39 is 6.10 Å². The van der Waals surface area contributed by atoms with Gasteiger partial charge in [-0.25, -0.2) is 0 Å². The van der Waals surface area contributed by atoms with Crippen LogP contribution in [0.1, 0.15) is 12.0 Å². The molecule has 0 spiro atoms. The van der Waals surface area contributed by atoms with Crippen molar-refractivity contribution in [2.75, 3.05) is 64.4 Å². The summed E-state index contributed by atoms with van der Waals surface area (Å²) in [6, 6.07) is 16.5. The van der Waals surface area contributed by atoms with Crippen LogP contribution in [0.3, 0.4) is 0 Å². The summed E-state index contributed by atoms with van der Waals surface area (Å²) in [4.78, 5) is 4.71.